The van der Waals surface area contributed by atoms with Crippen molar-refractivity contribution in [3.05, 3.63) is 35.4 Å². The molecule has 3 heteroatoms. The van der Waals surface area contributed by atoms with Crippen molar-refractivity contribution in [3.63, 3.8) is 0 Å². The highest BCUT2D eigenvalue weighted by Gasteiger charge is 2.16. The van der Waals surface area contributed by atoms with Crippen LogP contribution >= 0.6 is 0 Å². The molecule has 0 radical (unpaired) electrons. The maximum atomic E-state index is 12.2. The van der Waals surface area contributed by atoms with Crippen molar-refractivity contribution in [3.8, 4) is 0 Å². The van der Waals surface area contributed by atoms with Gasteiger partial charge in [0.15, 0.2) is 0 Å². The summed E-state index contributed by atoms with van der Waals surface area (Å²) in [4.78, 5) is 14.1. The van der Waals surface area contributed by atoms with Crippen LogP contribution in [0.2, 0.25) is 0 Å². The van der Waals surface area contributed by atoms with Crippen LogP contribution in [0.5, 0.6) is 0 Å². The van der Waals surface area contributed by atoms with Gasteiger partial charge in [-0.3, -0.25) is 4.79 Å². The molecule has 1 rings (SSSR count). The number of nitrogens with zero attached hydrogens (tertiary/aromatic N) is 1. The van der Waals surface area contributed by atoms with E-state index in [4.69, 9.17) is 5.73 Å². The summed E-state index contributed by atoms with van der Waals surface area (Å²) >= 11 is 0. The van der Waals surface area contributed by atoms with Gasteiger partial charge in [0.1, 0.15) is 0 Å². The number of hydrogen-bond acceptors (Lipinski definition) is 2. The van der Waals surface area contributed by atoms with Crippen LogP contribution in [0.4, 0.5) is 0 Å². The predicted molar refractivity (Wildman–Crippen MR) is 75.7 cm³/mol. The largest absolute Gasteiger partial charge is 0.339 e. The Morgan fingerprint density at radius 1 is 1.33 bits per heavy atom. The number of nitrogens with two attached hydrogens (primary N) is 1. The topological polar surface area (TPSA) is 46.3 Å². The van der Waals surface area contributed by atoms with Gasteiger partial charge in [0, 0.05) is 18.7 Å². The molecule has 18 heavy (non-hydrogen) atoms. The first-order chi connectivity index (χ1) is 8.60. The van der Waals surface area contributed by atoms with E-state index >= 15 is 0 Å². The van der Waals surface area contributed by atoms with Gasteiger partial charge in [0.25, 0.3) is 5.91 Å². The molecule has 3 nitrogen and oxygen atoms in total. The maximum absolute atomic E-state index is 12.2. The van der Waals surface area contributed by atoms with E-state index in [2.05, 4.69) is 13.8 Å². The smallest absolute Gasteiger partial charge is 0.253 e. The lowest BCUT2D eigenvalue weighted by atomic mass is 10.1. The van der Waals surface area contributed by atoms with Crippen molar-refractivity contribution in [2.75, 3.05) is 13.6 Å². The molecule has 1 atom stereocenters. The monoisotopic (exact) mass is 248 g/mol. The average molecular weight is 248 g/mol. The maximum Gasteiger partial charge on any atom is 0.253 e. The Morgan fingerprint density at radius 2 is 1.94 bits per heavy atom. The fourth-order valence-electron chi connectivity index (χ4n) is 2.00. The Bertz CT molecular complexity index is 373. The fraction of sp³-hybridized carbons (Fsp3) is 0.533. The summed E-state index contributed by atoms with van der Waals surface area (Å²) in [5.74, 6) is 0.0928. The Kier molecular flexibility index (Phi) is 5.86. The molecule has 0 aliphatic rings. The van der Waals surface area contributed by atoms with Gasteiger partial charge in [0.2, 0.25) is 0 Å². The summed E-state index contributed by atoms with van der Waals surface area (Å²) in [5.41, 5.74) is 7.43. The minimum Gasteiger partial charge on any atom is -0.339 e. The van der Waals surface area contributed by atoms with Gasteiger partial charge in [-0.1, -0.05) is 25.5 Å². The molecule has 0 aliphatic heterocycles. The first kappa shape index (κ1) is 14.7. The fourth-order valence-corrected chi connectivity index (χ4v) is 2.00. The Morgan fingerprint density at radius 3 is 2.44 bits per heavy atom. The van der Waals surface area contributed by atoms with Crippen LogP contribution in [0.25, 0.3) is 0 Å². The second-order valence-corrected chi connectivity index (χ2v) is 4.79. The van der Waals surface area contributed by atoms with Crippen LogP contribution in [0, 0.1) is 0 Å². The number of carbonyl (C=O) groups excluding carboxylic acids is 1. The third kappa shape index (κ3) is 3.84. The zero-order chi connectivity index (χ0) is 13.5. The zero-order valence-electron chi connectivity index (χ0n) is 11.6. The van der Waals surface area contributed by atoms with Crippen molar-refractivity contribution in [2.24, 2.45) is 5.73 Å². The van der Waals surface area contributed by atoms with Crippen molar-refractivity contribution in [2.45, 2.75) is 39.2 Å². The summed E-state index contributed by atoms with van der Waals surface area (Å²) < 4.78 is 0. The van der Waals surface area contributed by atoms with Crippen LogP contribution in [0.15, 0.2) is 24.3 Å². The molecular formula is C15H24N2O. The van der Waals surface area contributed by atoms with E-state index in [0.717, 1.165) is 24.8 Å². The van der Waals surface area contributed by atoms with E-state index in [1.54, 1.807) is 0 Å². The van der Waals surface area contributed by atoms with E-state index < -0.39 is 0 Å². The molecule has 1 aromatic rings. The molecule has 0 spiro atoms. The van der Waals surface area contributed by atoms with Gasteiger partial charge >= 0.3 is 0 Å². The molecule has 2 N–H and O–H groups in total. The van der Waals surface area contributed by atoms with Crippen molar-refractivity contribution >= 4 is 5.91 Å². The molecule has 1 amide bonds. The van der Waals surface area contributed by atoms with Crippen LogP contribution in [-0.4, -0.2) is 30.4 Å². The SMILES string of the molecule is CCCC(C)N(C)C(=O)c1ccc(CCN)cc1. The van der Waals surface area contributed by atoms with E-state index in [-0.39, 0.29) is 11.9 Å². The molecule has 0 heterocycles. The summed E-state index contributed by atoms with van der Waals surface area (Å²) in [6, 6.07) is 8.04. The van der Waals surface area contributed by atoms with Crippen LogP contribution in [0.1, 0.15) is 42.6 Å². The molecule has 0 aromatic heterocycles. The Hall–Kier alpha value is -1.35. The highest BCUT2D eigenvalue weighted by molar-refractivity contribution is 5.94. The Balaban J connectivity index is 2.71. The minimum atomic E-state index is 0.0928. The van der Waals surface area contributed by atoms with E-state index in [9.17, 15) is 4.79 Å². The molecule has 0 bridgehead atoms. The normalized spacial score (nSPS) is 12.2. The lowest BCUT2D eigenvalue weighted by Gasteiger charge is -2.24. The number of carbonyl (C=O) groups is 1. The van der Waals surface area contributed by atoms with Crippen LogP contribution < -0.4 is 5.73 Å². The molecular weight excluding hydrogens is 224 g/mol. The van der Waals surface area contributed by atoms with Crippen LogP contribution in [-0.2, 0) is 6.42 Å². The molecule has 0 fully saturated rings. The van der Waals surface area contributed by atoms with E-state index in [1.165, 1.54) is 5.56 Å². The lowest BCUT2D eigenvalue weighted by Crippen LogP contribution is -2.34. The standard InChI is InChI=1S/C15H24N2O/c1-4-5-12(2)17(3)15(18)14-8-6-13(7-9-14)10-11-16/h6-9,12H,4-5,10-11,16H2,1-3H3. The number of rotatable bonds is 6. The van der Waals surface area contributed by atoms with Gasteiger partial charge in [-0.25, -0.2) is 0 Å². The summed E-state index contributed by atoms with van der Waals surface area (Å²) in [5, 5.41) is 0. The van der Waals surface area contributed by atoms with E-state index in [1.807, 2.05) is 36.2 Å². The molecule has 0 aliphatic carbocycles. The first-order valence-electron chi connectivity index (χ1n) is 6.66. The minimum absolute atomic E-state index is 0.0928. The highest BCUT2D eigenvalue weighted by Crippen LogP contribution is 2.11. The van der Waals surface area contributed by atoms with Crippen molar-refractivity contribution in [1.29, 1.82) is 0 Å². The molecule has 1 aromatic carbocycles. The molecule has 1 unspecified atom stereocenters. The van der Waals surface area contributed by atoms with Gasteiger partial charge < -0.3 is 10.6 Å². The summed E-state index contributed by atoms with van der Waals surface area (Å²) in [6.45, 7) is 4.86. The second kappa shape index (κ2) is 7.17. The Labute approximate surface area is 110 Å². The molecule has 0 saturated carbocycles. The van der Waals surface area contributed by atoms with E-state index in [0.29, 0.717) is 6.54 Å². The van der Waals surface area contributed by atoms with Crippen molar-refractivity contribution in [1.82, 2.24) is 4.90 Å². The molecule has 100 valence electrons. The van der Waals surface area contributed by atoms with Gasteiger partial charge in [0.05, 0.1) is 0 Å². The van der Waals surface area contributed by atoms with Gasteiger partial charge in [-0.05, 0) is 44.0 Å². The highest BCUT2D eigenvalue weighted by atomic mass is 16.2. The zero-order valence-corrected chi connectivity index (χ0v) is 11.6. The predicted octanol–water partition coefficient (Wildman–Crippen LogP) is 2.45. The number of amides is 1. The third-order valence-corrected chi connectivity index (χ3v) is 3.32. The second-order valence-electron chi connectivity index (χ2n) is 4.79. The molecule has 0 saturated heterocycles. The van der Waals surface area contributed by atoms with Gasteiger partial charge in [-0.2, -0.15) is 0 Å². The summed E-state index contributed by atoms with van der Waals surface area (Å²) in [6.07, 6.45) is 2.98. The summed E-state index contributed by atoms with van der Waals surface area (Å²) in [7, 11) is 1.87. The van der Waals surface area contributed by atoms with Gasteiger partial charge in [-0.15, -0.1) is 0 Å². The average Bonchev–Trinajstić information content (AvgIpc) is 2.38. The third-order valence-electron chi connectivity index (χ3n) is 3.32. The van der Waals surface area contributed by atoms with Crippen molar-refractivity contribution < 1.29 is 4.79 Å². The first-order valence-corrected chi connectivity index (χ1v) is 6.66. The van der Waals surface area contributed by atoms with Crippen LogP contribution in [0.3, 0.4) is 0 Å². The lowest BCUT2D eigenvalue weighted by molar-refractivity contribution is 0.0737. The number of benzene rings is 1. The number of hydrogen-bond donors (Lipinski definition) is 1. The quantitative estimate of drug-likeness (QED) is 0.840.